The smallest absolute Gasteiger partial charge is 0.215 e. The first-order valence-electron chi connectivity index (χ1n) is 8.95. The van der Waals surface area contributed by atoms with E-state index in [-0.39, 0.29) is 0 Å². The lowest BCUT2D eigenvalue weighted by Gasteiger charge is -2.04. The molecule has 3 aromatic heterocycles. The molecule has 0 saturated heterocycles. The van der Waals surface area contributed by atoms with Crippen molar-refractivity contribution in [3.05, 3.63) is 77.6 Å². The molecule has 5 nitrogen and oxygen atoms in total. The minimum absolute atomic E-state index is 0.462. The van der Waals surface area contributed by atoms with Gasteiger partial charge in [-0.25, -0.2) is 15.0 Å². The fraction of sp³-hybridized carbons (Fsp3) is 0.0455. The standard InChI is InChI=1S/C22H13ClN4O/c23-13-9-10-18-14(11-13)21-22(26-16-6-2-1-5-15(16)25-21)27(18)12-20-24-17-7-3-4-8-19(17)28-20/h1-11H,12H2. The van der Waals surface area contributed by atoms with Crippen LogP contribution in [-0.2, 0) is 6.54 Å². The maximum atomic E-state index is 6.27. The van der Waals surface area contributed by atoms with Gasteiger partial charge in [-0.2, -0.15) is 0 Å². The van der Waals surface area contributed by atoms with Crippen molar-refractivity contribution < 1.29 is 4.42 Å². The Labute approximate surface area is 164 Å². The van der Waals surface area contributed by atoms with Crippen molar-refractivity contribution in [1.82, 2.24) is 19.5 Å². The molecule has 0 N–H and O–H groups in total. The van der Waals surface area contributed by atoms with Gasteiger partial charge in [-0.05, 0) is 42.5 Å². The molecule has 134 valence electrons. The molecule has 28 heavy (non-hydrogen) atoms. The third-order valence-electron chi connectivity index (χ3n) is 4.94. The highest BCUT2D eigenvalue weighted by atomic mass is 35.5. The molecule has 0 amide bonds. The predicted octanol–water partition coefficient (Wildman–Crippen LogP) is 5.58. The predicted molar refractivity (Wildman–Crippen MR) is 111 cm³/mol. The van der Waals surface area contributed by atoms with Gasteiger partial charge in [0.2, 0.25) is 5.89 Å². The number of nitrogens with zero attached hydrogens (tertiary/aromatic N) is 4. The van der Waals surface area contributed by atoms with Crippen LogP contribution in [-0.4, -0.2) is 19.5 Å². The molecule has 0 spiro atoms. The minimum Gasteiger partial charge on any atom is -0.439 e. The zero-order valence-corrected chi connectivity index (χ0v) is 15.4. The molecule has 0 saturated carbocycles. The van der Waals surface area contributed by atoms with Gasteiger partial charge in [-0.3, -0.25) is 0 Å². The minimum atomic E-state index is 0.462. The topological polar surface area (TPSA) is 56.7 Å². The molecule has 6 aromatic rings. The van der Waals surface area contributed by atoms with Crippen molar-refractivity contribution >= 4 is 55.8 Å². The highest BCUT2D eigenvalue weighted by Crippen LogP contribution is 2.31. The first-order chi connectivity index (χ1) is 13.8. The average Bonchev–Trinajstić information content (AvgIpc) is 3.25. The van der Waals surface area contributed by atoms with Crippen molar-refractivity contribution in [2.24, 2.45) is 0 Å². The zero-order valence-electron chi connectivity index (χ0n) is 14.6. The molecule has 0 aliphatic heterocycles. The Kier molecular flexibility index (Phi) is 3.22. The second-order valence-electron chi connectivity index (χ2n) is 6.71. The SMILES string of the molecule is Clc1ccc2c(c1)c1nc3ccccc3nc1n2Cc1nc2ccccc2o1. The molecular formula is C22H13ClN4O. The molecule has 0 aliphatic rings. The van der Waals surface area contributed by atoms with Gasteiger partial charge in [-0.15, -0.1) is 0 Å². The van der Waals surface area contributed by atoms with E-state index in [1.54, 1.807) is 0 Å². The van der Waals surface area contributed by atoms with Crippen LogP contribution in [0.15, 0.2) is 71.1 Å². The van der Waals surface area contributed by atoms with E-state index in [4.69, 9.17) is 26.0 Å². The fourth-order valence-corrected chi connectivity index (χ4v) is 3.86. The van der Waals surface area contributed by atoms with Crippen molar-refractivity contribution in [1.29, 1.82) is 0 Å². The number of para-hydroxylation sites is 4. The van der Waals surface area contributed by atoms with Crippen molar-refractivity contribution in [3.8, 4) is 0 Å². The molecule has 0 atom stereocenters. The monoisotopic (exact) mass is 384 g/mol. The van der Waals surface area contributed by atoms with E-state index in [0.29, 0.717) is 17.5 Å². The summed E-state index contributed by atoms with van der Waals surface area (Å²) in [6.45, 7) is 0.462. The molecule has 0 fully saturated rings. The summed E-state index contributed by atoms with van der Waals surface area (Å²) in [6, 6.07) is 21.4. The first kappa shape index (κ1) is 15.6. The van der Waals surface area contributed by atoms with Crippen LogP contribution in [0.5, 0.6) is 0 Å². The third kappa shape index (κ3) is 2.30. The van der Waals surface area contributed by atoms with Crippen molar-refractivity contribution in [3.63, 3.8) is 0 Å². The van der Waals surface area contributed by atoms with Gasteiger partial charge >= 0.3 is 0 Å². The molecule has 0 aliphatic carbocycles. The lowest BCUT2D eigenvalue weighted by Crippen LogP contribution is -2.01. The second-order valence-corrected chi connectivity index (χ2v) is 7.14. The van der Waals surface area contributed by atoms with E-state index >= 15 is 0 Å². The lowest BCUT2D eigenvalue weighted by atomic mass is 10.2. The van der Waals surface area contributed by atoms with Gasteiger partial charge in [0.25, 0.3) is 0 Å². The number of hydrogen-bond acceptors (Lipinski definition) is 4. The van der Waals surface area contributed by atoms with Crippen LogP contribution in [0.3, 0.4) is 0 Å². The summed E-state index contributed by atoms with van der Waals surface area (Å²) in [4.78, 5) is 14.4. The van der Waals surface area contributed by atoms with Crippen molar-refractivity contribution in [2.45, 2.75) is 6.54 Å². The Morgan fingerprint density at radius 1 is 0.821 bits per heavy atom. The third-order valence-corrected chi connectivity index (χ3v) is 5.18. The van der Waals surface area contributed by atoms with Gasteiger partial charge < -0.3 is 8.98 Å². The summed E-state index contributed by atoms with van der Waals surface area (Å²) in [5, 5.41) is 1.64. The highest BCUT2D eigenvalue weighted by Gasteiger charge is 2.17. The van der Waals surface area contributed by atoms with Crippen LogP contribution in [0.1, 0.15) is 5.89 Å². The van der Waals surface area contributed by atoms with E-state index in [1.807, 2.05) is 66.7 Å². The highest BCUT2D eigenvalue weighted by molar-refractivity contribution is 6.31. The van der Waals surface area contributed by atoms with Crippen LogP contribution >= 0.6 is 11.6 Å². The van der Waals surface area contributed by atoms with E-state index < -0.39 is 0 Å². The van der Waals surface area contributed by atoms with E-state index in [2.05, 4.69) is 9.55 Å². The molecule has 0 radical (unpaired) electrons. The maximum absolute atomic E-state index is 6.27. The van der Waals surface area contributed by atoms with Gasteiger partial charge in [0, 0.05) is 10.4 Å². The quantitative estimate of drug-likeness (QED) is 0.391. The first-order valence-corrected chi connectivity index (χ1v) is 9.33. The van der Waals surface area contributed by atoms with Gasteiger partial charge in [0.1, 0.15) is 17.6 Å². The Hall–Kier alpha value is -3.44. The number of hydrogen-bond donors (Lipinski definition) is 0. The summed E-state index contributed by atoms with van der Waals surface area (Å²) in [7, 11) is 0. The van der Waals surface area contributed by atoms with Crippen LogP contribution < -0.4 is 0 Å². The van der Waals surface area contributed by atoms with Crippen LogP contribution in [0.4, 0.5) is 0 Å². The van der Waals surface area contributed by atoms with E-state index in [9.17, 15) is 0 Å². The normalized spacial score (nSPS) is 11.9. The average molecular weight is 385 g/mol. The largest absolute Gasteiger partial charge is 0.439 e. The molecule has 6 heteroatoms. The van der Waals surface area contributed by atoms with Crippen molar-refractivity contribution in [2.75, 3.05) is 0 Å². The number of fused-ring (bicyclic) bond motifs is 5. The number of rotatable bonds is 2. The fourth-order valence-electron chi connectivity index (χ4n) is 3.69. The Bertz CT molecular complexity index is 1480. The van der Waals surface area contributed by atoms with Crippen LogP contribution in [0.25, 0.3) is 44.2 Å². The lowest BCUT2D eigenvalue weighted by molar-refractivity contribution is 0.516. The number of aromatic nitrogens is 4. The molecule has 0 bridgehead atoms. The Morgan fingerprint density at radius 3 is 2.39 bits per heavy atom. The second kappa shape index (κ2) is 5.78. The van der Waals surface area contributed by atoms with Gasteiger partial charge in [0.05, 0.1) is 16.6 Å². The molecule has 3 heterocycles. The van der Waals surface area contributed by atoms with Crippen LogP contribution in [0, 0.1) is 0 Å². The number of benzene rings is 3. The Balaban J connectivity index is 1.65. The van der Waals surface area contributed by atoms with E-state index in [1.165, 1.54) is 0 Å². The van der Waals surface area contributed by atoms with Gasteiger partial charge in [-0.1, -0.05) is 35.9 Å². The molecule has 6 rings (SSSR count). The summed E-state index contributed by atoms with van der Waals surface area (Å²) < 4.78 is 8.03. The summed E-state index contributed by atoms with van der Waals surface area (Å²) >= 11 is 6.27. The van der Waals surface area contributed by atoms with E-state index in [0.717, 1.165) is 44.2 Å². The summed E-state index contributed by atoms with van der Waals surface area (Å²) in [5.74, 6) is 0.630. The summed E-state index contributed by atoms with van der Waals surface area (Å²) in [6.07, 6.45) is 0. The molecular weight excluding hydrogens is 372 g/mol. The summed E-state index contributed by atoms with van der Waals surface area (Å²) in [5.41, 5.74) is 5.94. The molecule has 0 unspecified atom stereocenters. The molecule has 3 aromatic carbocycles. The maximum Gasteiger partial charge on any atom is 0.215 e. The Morgan fingerprint density at radius 2 is 1.57 bits per heavy atom. The zero-order chi connectivity index (χ0) is 18.7. The number of halogens is 1. The van der Waals surface area contributed by atoms with Gasteiger partial charge in [0.15, 0.2) is 11.2 Å². The van der Waals surface area contributed by atoms with Crippen LogP contribution in [0.2, 0.25) is 5.02 Å². The number of oxazole rings is 1.